The summed E-state index contributed by atoms with van der Waals surface area (Å²) >= 11 is 0. The van der Waals surface area contributed by atoms with Crippen molar-refractivity contribution < 1.29 is 14.3 Å². The fourth-order valence-electron chi connectivity index (χ4n) is 4.93. The average Bonchev–Trinajstić information content (AvgIpc) is 3.37. The number of likely N-dealkylation sites (tertiary alicyclic amines) is 1. The third kappa shape index (κ3) is 4.30. The molecule has 0 aliphatic carbocycles. The standard InChI is InChI=1S/C27H31N5O3/c1-17-5-8-24-20(11-17)12-25(30(24)3)27(34)31-13-19(14-31)15-32-16-22-18(2)21(6-7-23(22)29-32)26(33)28-9-10-35-4/h5-8,11-12,16,19H,9-10,13-15H2,1-4H3,(H,28,33). The number of aryl methyl sites for hydroxylation is 3. The molecule has 2 amide bonds. The topological polar surface area (TPSA) is 81.4 Å². The average molecular weight is 474 g/mol. The Kier molecular flexibility index (Phi) is 6.06. The Morgan fingerprint density at radius 1 is 1.14 bits per heavy atom. The number of rotatable bonds is 7. The number of ether oxygens (including phenoxy) is 1. The molecule has 1 N–H and O–H groups in total. The Labute approximate surface area is 204 Å². The fourth-order valence-corrected chi connectivity index (χ4v) is 4.93. The molecule has 1 saturated heterocycles. The summed E-state index contributed by atoms with van der Waals surface area (Å²) in [7, 11) is 3.56. The summed E-state index contributed by atoms with van der Waals surface area (Å²) in [5, 5.41) is 9.65. The van der Waals surface area contributed by atoms with E-state index in [1.54, 1.807) is 7.11 Å². The molecule has 1 fully saturated rings. The number of aromatic nitrogens is 3. The van der Waals surface area contributed by atoms with Gasteiger partial charge in [-0.05, 0) is 49.7 Å². The van der Waals surface area contributed by atoms with Crippen LogP contribution in [0.4, 0.5) is 0 Å². The van der Waals surface area contributed by atoms with Crippen molar-refractivity contribution in [3.63, 3.8) is 0 Å². The largest absolute Gasteiger partial charge is 0.383 e. The first kappa shape index (κ1) is 23.1. The van der Waals surface area contributed by atoms with Gasteiger partial charge < -0.3 is 19.5 Å². The first-order valence-electron chi connectivity index (χ1n) is 11.9. The van der Waals surface area contributed by atoms with Crippen LogP contribution in [0.5, 0.6) is 0 Å². The molecule has 5 rings (SSSR count). The SMILES string of the molecule is COCCNC(=O)c1ccc2nn(CC3CN(C(=O)c4cc5cc(C)ccc5n4C)C3)cc2c1C. The lowest BCUT2D eigenvalue weighted by Crippen LogP contribution is -2.51. The van der Waals surface area contributed by atoms with E-state index in [2.05, 4.69) is 30.4 Å². The molecule has 0 atom stereocenters. The normalized spacial score (nSPS) is 14.0. The van der Waals surface area contributed by atoms with Gasteiger partial charge in [-0.25, -0.2) is 0 Å². The lowest BCUT2D eigenvalue weighted by molar-refractivity contribution is 0.0452. The lowest BCUT2D eigenvalue weighted by atomic mass is 9.99. The van der Waals surface area contributed by atoms with Crippen molar-refractivity contribution in [1.29, 1.82) is 0 Å². The van der Waals surface area contributed by atoms with Crippen molar-refractivity contribution in [3.05, 3.63) is 65.0 Å². The first-order chi connectivity index (χ1) is 16.9. The van der Waals surface area contributed by atoms with Gasteiger partial charge in [0, 0.05) is 74.3 Å². The molecule has 1 aliphatic heterocycles. The number of carbonyl (C=O) groups excluding carboxylic acids is 2. The summed E-state index contributed by atoms with van der Waals surface area (Å²) in [6.45, 7) is 7.12. The third-order valence-corrected chi connectivity index (χ3v) is 6.95. The van der Waals surface area contributed by atoms with Gasteiger partial charge in [-0.15, -0.1) is 0 Å². The highest BCUT2D eigenvalue weighted by molar-refractivity contribution is 6.01. The molecule has 35 heavy (non-hydrogen) atoms. The summed E-state index contributed by atoms with van der Waals surface area (Å²) in [6, 6.07) is 12.0. The van der Waals surface area contributed by atoms with Crippen LogP contribution in [0.1, 0.15) is 32.0 Å². The second-order valence-electron chi connectivity index (χ2n) is 9.50. The van der Waals surface area contributed by atoms with E-state index in [0.717, 1.165) is 39.6 Å². The van der Waals surface area contributed by atoms with E-state index in [1.165, 1.54) is 5.56 Å². The molecule has 182 valence electrons. The molecule has 0 unspecified atom stereocenters. The van der Waals surface area contributed by atoms with Crippen LogP contribution in [0.15, 0.2) is 42.6 Å². The molecule has 8 heteroatoms. The molecule has 2 aromatic carbocycles. The first-order valence-corrected chi connectivity index (χ1v) is 11.9. The highest BCUT2D eigenvalue weighted by atomic mass is 16.5. The van der Waals surface area contributed by atoms with E-state index in [1.807, 2.05) is 52.5 Å². The number of amides is 2. The number of fused-ring (bicyclic) bond motifs is 2. The van der Waals surface area contributed by atoms with Crippen LogP contribution in [-0.4, -0.2) is 64.4 Å². The smallest absolute Gasteiger partial charge is 0.270 e. The monoisotopic (exact) mass is 473 g/mol. The predicted molar refractivity (Wildman–Crippen MR) is 136 cm³/mol. The molecule has 8 nitrogen and oxygen atoms in total. The molecule has 1 aliphatic rings. The second kappa shape index (κ2) is 9.19. The van der Waals surface area contributed by atoms with Crippen molar-refractivity contribution in [2.75, 3.05) is 33.4 Å². The van der Waals surface area contributed by atoms with Crippen LogP contribution >= 0.6 is 0 Å². The maximum Gasteiger partial charge on any atom is 0.270 e. The van der Waals surface area contributed by atoms with Gasteiger partial charge in [-0.3, -0.25) is 14.3 Å². The maximum atomic E-state index is 13.1. The van der Waals surface area contributed by atoms with E-state index < -0.39 is 0 Å². The zero-order valence-electron chi connectivity index (χ0n) is 20.7. The molecule has 3 heterocycles. The van der Waals surface area contributed by atoms with Crippen LogP contribution in [0.25, 0.3) is 21.8 Å². The summed E-state index contributed by atoms with van der Waals surface area (Å²) in [6.07, 6.45) is 2.01. The number of carbonyl (C=O) groups is 2. The van der Waals surface area contributed by atoms with E-state index in [4.69, 9.17) is 9.84 Å². The van der Waals surface area contributed by atoms with Gasteiger partial charge in [0.25, 0.3) is 11.8 Å². The van der Waals surface area contributed by atoms with Crippen LogP contribution in [0.3, 0.4) is 0 Å². The van der Waals surface area contributed by atoms with Crippen molar-refractivity contribution in [2.45, 2.75) is 20.4 Å². The van der Waals surface area contributed by atoms with Crippen LogP contribution in [0.2, 0.25) is 0 Å². The Hall–Kier alpha value is -3.65. The van der Waals surface area contributed by atoms with E-state index in [9.17, 15) is 9.59 Å². The maximum absolute atomic E-state index is 13.1. The number of nitrogens with one attached hydrogen (secondary N) is 1. The van der Waals surface area contributed by atoms with E-state index in [-0.39, 0.29) is 11.8 Å². The Morgan fingerprint density at radius 2 is 1.94 bits per heavy atom. The van der Waals surface area contributed by atoms with Crippen LogP contribution < -0.4 is 5.32 Å². The van der Waals surface area contributed by atoms with Crippen molar-refractivity contribution in [1.82, 2.24) is 24.6 Å². The minimum absolute atomic E-state index is 0.0724. The molecular formula is C27H31N5O3. The van der Waals surface area contributed by atoms with Crippen LogP contribution in [-0.2, 0) is 18.3 Å². The number of hydrogen-bond donors (Lipinski definition) is 1. The predicted octanol–water partition coefficient (Wildman–Crippen LogP) is 3.29. The van der Waals surface area contributed by atoms with Gasteiger partial charge in [0.05, 0.1) is 12.1 Å². The van der Waals surface area contributed by atoms with Crippen molar-refractivity contribution in [2.24, 2.45) is 13.0 Å². The zero-order chi connectivity index (χ0) is 24.7. The number of nitrogens with zero attached hydrogens (tertiary/aromatic N) is 4. The molecular weight excluding hydrogens is 442 g/mol. The third-order valence-electron chi connectivity index (χ3n) is 6.95. The summed E-state index contributed by atoms with van der Waals surface area (Å²) in [4.78, 5) is 27.5. The highest BCUT2D eigenvalue weighted by Gasteiger charge is 2.33. The van der Waals surface area contributed by atoms with Gasteiger partial charge in [-0.2, -0.15) is 5.10 Å². The molecule has 0 saturated carbocycles. The van der Waals surface area contributed by atoms with Gasteiger partial charge >= 0.3 is 0 Å². The summed E-state index contributed by atoms with van der Waals surface area (Å²) in [5.74, 6) is 0.316. The Bertz CT molecular complexity index is 1430. The quantitative estimate of drug-likeness (QED) is 0.418. The highest BCUT2D eigenvalue weighted by Crippen LogP contribution is 2.26. The Balaban J connectivity index is 1.24. The van der Waals surface area contributed by atoms with Gasteiger partial charge in [0.1, 0.15) is 5.69 Å². The van der Waals surface area contributed by atoms with Crippen LogP contribution in [0, 0.1) is 19.8 Å². The minimum Gasteiger partial charge on any atom is -0.383 e. The van der Waals surface area contributed by atoms with Gasteiger partial charge in [0.2, 0.25) is 0 Å². The van der Waals surface area contributed by atoms with Crippen molar-refractivity contribution >= 4 is 33.6 Å². The molecule has 4 aromatic rings. The molecule has 0 radical (unpaired) electrons. The number of methoxy groups -OCH3 is 1. The minimum atomic E-state index is -0.106. The Morgan fingerprint density at radius 3 is 2.71 bits per heavy atom. The number of hydrogen-bond acceptors (Lipinski definition) is 4. The van der Waals surface area contributed by atoms with Gasteiger partial charge in [0.15, 0.2) is 0 Å². The molecule has 2 aromatic heterocycles. The van der Waals surface area contributed by atoms with Gasteiger partial charge in [-0.1, -0.05) is 11.6 Å². The molecule has 0 bridgehead atoms. The van der Waals surface area contributed by atoms with E-state index >= 15 is 0 Å². The fraction of sp³-hybridized carbons (Fsp3) is 0.370. The van der Waals surface area contributed by atoms with E-state index in [0.29, 0.717) is 37.7 Å². The zero-order valence-corrected chi connectivity index (χ0v) is 20.7. The number of benzene rings is 2. The second-order valence-corrected chi connectivity index (χ2v) is 9.50. The summed E-state index contributed by atoms with van der Waals surface area (Å²) < 4.78 is 8.93. The van der Waals surface area contributed by atoms with Crippen molar-refractivity contribution in [3.8, 4) is 0 Å². The lowest BCUT2D eigenvalue weighted by Gasteiger charge is -2.39. The summed E-state index contributed by atoms with van der Waals surface area (Å²) in [5.41, 5.74) is 5.42. The molecule has 0 spiro atoms.